The van der Waals surface area contributed by atoms with Gasteiger partial charge in [-0.1, -0.05) is 18.2 Å². The van der Waals surface area contributed by atoms with Gasteiger partial charge in [-0.05, 0) is 62.7 Å². The molecule has 0 atom stereocenters. The molecule has 0 saturated carbocycles. The van der Waals surface area contributed by atoms with Gasteiger partial charge in [-0.15, -0.1) is 10.2 Å². The molecule has 1 N–H and O–H groups in total. The summed E-state index contributed by atoms with van der Waals surface area (Å²) >= 11 is 0. The van der Waals surface area contributed by atoms with Crippen LogP contribution in [0.15, 0.2) is 75.1 Å². The van der Waals surface area contributed by atoms with Gasteiger partial charge in [-0.2, -0.15) is 13.2 Å². The fraction of sp³-hybridized carbons (Fsp3) is 0.231. The summed E-state index contributed by atoms with van der Waals surface area (Å²) in [5, 5.41) is 9.41. The Balaban J connectivity index is 1.72. The van der Waals surface area contributed by atoms with E-state index in [1.165, 1.54) is 43.3 Å². The van der Waals surface area contributed by atoms with Gasteiger partial charge in [0, 0.05) is 17.9 Å². The summed E-state index contributed by atoms with van der Waals surface area (Å²) in [6.07, 6.45) is -3.61. The lowest BCUT2D eigenvalue weighted by atomic mass is 10.1. The van der Waals surface area contributed by atoms with Crippen molar-refractivity contribution in [3.8, 4) is 17.1 Å². The molecule has 0 spiro atoms. The second-order valence-corrected chi connectivity index (χ2v) is 11.4. The number of halogens is 3. The maximum atomic E-state index is 13.4. The Bertz CT molecular complexity index is 1680. The molecule has 2 aromatic carbocycles. The Hall–Kier alpha value is -4.26. The summed E-state index contributed by atoms with van der Waals surface area (Å²) in [4.78, 5) is 26.7. The van der Waals surface area contributed by atoms with E-state index in [2.05, 4.69) is 15.5 Å². The Labute approximate surface area is 221 Å². The highest BCUT2D eigenvalue weighted by atomic mass is 32.2. The van der Waals surface area contributed by atoms with Crippen LogP contribution in [0, 0.1) is 6.92 Å². The maximum absolute atomic E-state index is 13.4. The van der Waals surface area contributed by atoms with Crippen LogP contribution < -0.4 is 10.9 Å². The molecule has 0 saturated heterocycles. The van der Waals surface area contributed by atoms with Crippen LogP contribution in [0.2, 0.25) is 0 Å². The van der Waals surface area contributed by atoms with Gasteiger partial charge < -0.3 is 9.73 Å². The van der Waals surface area contributed by atoms with Gasteiger partial charge in [0.1, 0.15) is 5.56 Å². The zero-order valence-electron chi connectivity index (χ0n) is 21.0. The number of pyridine rings is 1. The van der Waals surface area contributed by atoms with Crippen molar-refractivity contribution < 1.29 is 30.8 Å². The molecular weight excluding hydrogens is 537 g/mol. The van der Waals surface area contributed by atoms with Crippen LogP contribution in [-0.2, 0) is 22.6 Å². The Morgan fingerprint density at radius 1 is 1.10 bits per heavy atom. The Kier molecular flexibility index (Phi) is 7.46. The molecule has 1 amide bonds. The molecule has 0 fully saturated rings. The van der Waals surface area contributed by atoms with Crippen molar-refractivity contribution in [3.05, 3.63) is 93.7 Å². The molecule has 0 bridgehead atoms. The van der Waals surface area contributed by atoms with E-state index >= 15 is 0 Å². The largest absolute Gasteiger partial charge is 0.423 e. The van der Waals surface area contributed by atoms with E-state index in [4.69, 9.17) is 4.42 Å². The van der Waals surface area contributed by atoms with Crippen molar-refractivity contribution >= 4 is 15.7 Å². The van der Waals surface area contributed by atoms with E-state index in [1.807, 2.05) is 0 Å². The summed E-state index contributed by atoms with van der Waals surface area (Å²) in [5.41, 5.74) is -1.38. The minimum absolute atomic E-state index is 0.0378. The number of nitrogens with one attached hydrogen (secondary N) is 1. The molecule has 2 aromatic heterocycles. The van der Waals surface area contributed by atoms with E-state index in [0.29, 0.717) is 5.56 Å². The standard InChI is InChI=1S/C26H23F3N4O5S/c1-15(2)39(36,37)20-9-7-17(8-10-20)13-30-23(34)22-12-21(24-32-31-14-38-24)16(3)33(25(22)35)19-6-4-5-18(11-19)26(27,28)29/h4-12,14-15H,13H2,1-3H3,(H,30,34). The average Bonchev–Trinajstić information content (AvgIpc) is 3.42. The summed E-state index contributed by atoms with van der Waals surface area (Å²) in [7, 11) is -3.47. The van der Waals surface area contributed by atoms with Crippen LogP contribution in [0.25, 0.3) is 17.1 Å². The first-order valence-corrected chi connectivity index (χ1v) is 13.2. The first-order chi connectivity index (χ1) is 18.3. The van der Waals surface area contributed by atoms with E-state index in [9.17, 15) is 31.2 Å². The summed E-state index contributed by atoms with van der Waals surface area (Å²) in [6.45, 7) is 4.57. The predicted octanol–water partition coefficient (Wildman–Crippen LogP) is 4.33. The van der Waals surface area contributed by atoms with Crippen LogP contribution in [0.4, 0.5) is 13.2 Å². The predicted molar refractivity (Wildman–Crippen MR) is 135 cm³/mol. The van der Waals surface area contributed by atoms with Crippen molar-refractivity contribution in [3.63, 3.8) is 0 Å². The fourth-order valence-electron chi connectivity index (χ4n) is 3.85. The van der Waals surface area contributed by atoms with Gasteiger partial charge in [0.15, 0.2) is 9.84 Å². The molecule has 0 radical (unpaired) electrons. The number of benzene rings is 2. The molecule has 2 heterocycles. The Morgan fingerprint density at radius 3 is 2.38 bits per heavy atom. The maximum Gasteiger partial charge on any atom is 0.416 e. The minimum atomic E-state index is -4.65. The van der Waals surface area contributed by atoms with Crippen molar-refractivity contribution in [2.75, 3.05) is 0 Å². The number of sulfone groups is 1. The highest BCUT2D eigenvalue weighted by Gasteiger charge is 2.31. The van der Waals surface area contributed by atoms with Gasteiger partial charge >= 0.3 is 6.18 Å². The molecule has 0 aliphatic rings. The van der Waals surface area contributed by atoms with Crippen LogP contribution in [0.5, 0.6) is 0 Å². The van der Waals surface area contributed by atoms with Crippen LogP contribution in [0.3, 0.4) is 0 Å². The molecule has 9 nitrogen and oxygen atoms in total. The average molecular weight is 561 g/mol. The van der Waals surface area contributed by atoms with Gasteiger partial charge in [-0.3, -0.25) is 14.2 Å². The number of rotatable bonds is 7. The number of aromatic nitrogens is 3. The second kappa shape index (κ2) is 10.5. The molecule has 4 rings (SSSR count). The molecule has 13 heteroatoms. The van der Waals surface area contributed by atoms with Crippen LogP contribution in [-0.4, -0.2) is 34.3 Å². The van der Waals surface area contributed by atoms with Crippen LogP contribution >= 0.6 is 0 Å². The van der Waals surface area contributed by atoms with E-state index in [1.54, 1.807) is 13.8 Å². The zero-order chi connectivity index (χ0) is 28.5. The Morgan fingerprint density at radius 2 is 1.79 bits per heavy atom. The van der Waals surface area contributed by atoms with Gasteiger partial charge in [0.25, 0.3) is 11.5 Å². The molecule has 39 heavy (non-hydrogen) atoms. The summed E-state index contributed by atoms with van der Waals surface area (Å²) < 4.78 is 71.0. The lowest BCUT2D eigenvalue weighted by Gasteiger charge is -2.16. The van der Waals surface area contributed by atoms with Gasteiger partial charge in [0.2, 0.25) is 12.3 Å². The lowest BCUT2D eigenvalue weighted by molar-refractivity contribution is -0.137. The van der Waals surface area contributed by atoms with Crippen molar-refractivity contribution in [2.45, 2.75) is 43.6 Å². The summed E-state index contributed by atoms with van der Waals surface area (Å²) in [5.74, 6) is -0.843. The molecule has 0 unspecified atom stereocenters. The van der Waals surface area contributed by atoms with Crippen molar-refractivity contribution in [2.24, 2.45) is 0 Å². The highest BCUT2D eigenvalue weighted by Crippen LogP contribution is 2.31. The number of alkyl halides is 3. The third-order valence-electron chi connectivity index (χ3n) is 6.04. The number of hydrogen-bond donors (Lipinski definition) is 1. The monoisotopic (exact) mass is 560 g/mol. The van der Waals surface area contributed by atoms with E-state index in [-0.39, 0.29) is 39.8 Å². The number of amides is 1. The van der Waals surface area contributed by atoms with Crippen molar-refractivity contribution in [1.82, 2.24) is 20.1 Å². The molecule has 0 aliphatic heterocycles. The first-order valence-electron chi connectivity index (χ1n) is 11.6. The number of carbonyl (C=O) groups is 1. The zero-order valence-corrected chi connectivity index (χ0v) is 21.8. The quantitative estimate of drug-likeness (QED) is 0.357. The number of carbonyl (C=O) groups excluding carboxylic acids is 1. The van der Waals surface area contributed by atoms with E-state index in [0.717, 1.165) is 29.2 Å². The normalized spacial score (nSPS) is 12.1. The van der Waals surface area contributed by atoms with E-state index < -0.39 is 38.3 Å². The topological polar surface area (TPSA) is 124 Å². The smallest absolute Gasteiger partial charge is 0.416 e. The first kappa shape index (κ1) is 27.8. The molecule has 0 aliphatic carbocycles. The molecule has 4 aromatic rings. The van der Waals surface area contributed by atoms with Gasteiger partial charge in [-0.25, -0.2) is 8.42 Å². The van der Waals surface area contributed by atoms with Crippen molar-refractivity contribution in [1.29, 1.82) is 0 Å². The third kappa shape index (κ3) is 5.62. The van der Waals surface area contributed by atoms with Gasteiger partial charge in [0.05, 0.1) is 21.3 Å². The lowest BCUT2D eigenvalue weighted by Crippen LogP contribution is -2.33. The SMILES string of the molecule is Cc1c(-c2nnco2)cc(C(=O)NCc2ccc(S(=O)(=O)C(C)C)cc2)c(=O)n1-c1cccc(C(F)(F)F)c1. The third-order valence-corrected chi connectivity index (χ3v) is 8.21. The fourth-order valence-corrected chi connectivity index (χ4v) is 4.91. The molecule has 204 valence electrons. The number of hydrogen-bond acceptors (Lipinski definition) is 7. The summed E-state index contributed by atoms with van der Waals surface area (Å²) in [6, 6.07) is 11.3. The number of nitrogens with zero attached hydrogens (tertiary/aromatic N) is 3. The highest BCUT2D eigenvalue weighted by molar-refractivity contribution is 7.92. The second-order valence-electron chi connectivity index (χ2n) is 8.91. The molecular formula is C26H23F3N4O5S. The minimum Gasteiger partial charge on any atom is -0.423 e. The van der Waals surface area contributed by atoms with Crippen LogP contribution in [0.1, 0.15) is 41.0 Å².